The molecule has 0 saturated carbocycles. The molecule has 0 radical (unpaired) electrons. The molecule has 0 saturated heterocycles. The van der Waals surface area contributed by atoms with Crippen molar-refractivity contribution in [3.63, 3.8) is 0 Å². The van der Waals surface area contributed by atoms with Crippen molar-refractivity contribution in [1.29, 1.82) is 0 Å². The van der Waals surface area contributed by atoms with Gasteiger partial charge in [-0.05, 0) is 15.9 Å². The van der Waals surface area contributed by atoms with E-state index in [4.69, 9.17) is 10.8 Å². The van der Waals surface area contributed by atoms with Crippen LogP contribution in [0, 0.1) is 0 Å². The van der Waals surface area contributed by atoms with Gasteiger partial charge >= 0.3 is 5.97 Å². The number of nitrogens with zero attached hydrogens (tertiary/aromatic N) is 2. The molecule has 0 aliphatic carbocycles. The summed E-state index contributed by atoms with van der Waals surface area (Å²) < 4.78 is 2.39. The van der Waals surface area contributed by atoms with Crippen LogP contribution in [0.15, 0.2) is 10.9 Å². The first-order chi connectivity index (χ1) is 6.02. The molecule has 1 rings (SSSR count). The minimum absolute atomic E-state index is 0.270. The van der Waals surface area contributed by atoms with Crippen LogP contribution in [0.1, 0.15) is 5.69 Å². The highest BCUT2D eigenvalue weighted by molar-refractivity contribution is 9.10. The fourth-order valence-corrected chi connectivity index (χ4v) is 1.48. The average molecular weight is 248 g/mol. The number of aliphatic carboxylic acids is 1. The second-order valence-electron chi connectivity index (χ2n) is 2.74. The van der Waals surface area contributed by atoms with Gasteiger partial charge in [0.15, 0.2) is 0 Å². The first-order valence-electron chi connectivity index (χ1n) is 3.66. The molecular weight excluding hydrogens is 238 g/mol. The van der Waals surface area contributed by atoms with Gasteiger partial charge in [-0.3, -0.25) is 4.79 Å². The molecule has 1 aromatic rings. The number of nitrogens with two attached hydrogens (primary N) is 1. The zero-order chi connectivity index (χ0) is 10.0. The molecule has 1 unspecified atom stereocenters. The first kappa shape index (κ1) is 10.2. The number of aryl methyl sites for hydroxylation is 1. The highest BCUT2D eigenvalue weighted by Crippen LogP contribution is 2.14. The van der Waals surface area contributed by atoms with E-state index in [0.717, 1.165) is 5.69 Å². The zero-order valence-corrected chi connectivity index (χ0v) is 8.65. The summed E-state index contributed by atoms with van der Waals surface area (Å²) in [6, 6.07) is -0.883. The Morgan fingerprint density at radius 2 is 2.54 bits per heavy atom. The number of halogens is 1. The number of carboxylic acids is 1. The van der Waals surface area contributed by atoms with Crippen molar-refractivity contribution in [2.24, 2.45) is 12.8 Å². The molecule has 0 bridgehead atoms. The largest absolute Gasteiger partial charge is 0.480 e. The van der Waals surface area contributed by atoms with Gasteiger partial charge in [0.25, 0.3) is 0 Å². The van der Waals surface area contributed by atoms with Crippen LogP contribution >= 0.6 is 15.9 Å². The van der Waals surface area contributed by atoms with Crippen LogP contribution in [0.5, 0.6) is 0 Å². The lowest BCUT2D eigenvalue weighted by molar-refractivity contribution is -0.138. The van der Waals surface area contributed by atoms with E-state index in [9.17, 15) is 4.79 Å². The van der Waals surface area contributed by atoms with E-state index in [-0.39, 0.29) is 6.42 Å². The van der Waals surface area contributed by atoms with E-state index in [2.05, 4.69) is 20.9 Å². The van der Waals surface area contributed by atoms with Crippen molar-refractivity contribution in [2.75, 3.05) is 0 Å². The SMILES string of the molecule is Cn1cnc(Br)c1CC(N)C(=O)O. The van der Waals surface area contributed by atoms with E-state index in [0.29, 0.717) is 4.60 Å². The average Bonchev–Trinajstić information content (AvgIpc) is 2.35. The van der Waals surface area contributed by atoms with Crippen LogP contribution in [0.3, 0.4) is 0 Å². The third kappa shape index (κ3) is 2.28. The van der Waals surface area contributed by atoms with Crippen LogP contribution in [0.25, 0.3) is 0 Å². The molecule has 1 atom stereocenters. The fourth-order valence-electron chi connectivity index (χ4n) is 0.951. The van der Waals surface area contributed by atoms with E-state index in [1.807, 2.05) is 0 Å². The molecule has 6 heteroatoms. The molecule has 0 fully saturated rings. The Bertz CT molecular complexity index is 304. The maximum absolute atomic E-state index is 10.5. The minimum Gasteiger partial charge on any atom is -0.480 e. The summed E-state index contributed by atoms with van der Waals surface area (Å²) in [6.07, 6.45) is 1.88. The van der Waals surface area contributed by atoms with Gasteiger partial charge < -0.3 is 15.4 Å². The van der Waals surface area contributed by atoms with E-state index < -0.39 is 12.0 Å². The summed E-state index contributed by atoms with van der Waals surface area (Å²) >= 11 is 3.21. The molecule has 72 valence electrons. The van der Waals surface area contributed by atoms with E-state index >= 15 is 0 Å². The second-order valence-corrected chi connectivity index (χ2v) is 3.49. The van der Waals surface area contributed by atoms with Crippen LogP contribution in [0.4, 0.5) is 0 Å². The van der Waals surface area contributed by atoms with Crippen LogP contribution in [-0.4, -0.2) is 26.7 Å². The van der Waals surface area contributed by atoms with Crippen molar-refractivity contribution >= 4 is 21.9 Å². The Kier molecular flexibility index (Phi) is 3.05. The fraction of sp³-hybridized carbons (Fsp3) is 0.429. The monoisotopic (exact) mass is 247 g/mol. The van der Waals surface area contributed by atoms with Gasteiger partial charge in [0.05, 0.1) is 12.0 Å². The molecule has 0 aliphatic heterocycles. The van der Waals surface area contributed by atoms with Crippen molar-refractivity contribution in [2.45, 2.75) is 12.5 Å². The van der Waals surface area contributed by atoms with Crippen LogP contribution in [0.2, 0.25) is 0 Å². The highest BCUT2D eigenvalue weighted by Gasteiger charge is 2.16. The highest BCUT2D eigenvalue weighted by atomic mass is 79.9. The normalized spacial score (nSPS) is 12.8. The third-order valence-electron chi connectivity index (χ3n) is 1.74. The van der Waals surface area contributed by atoms with Gasteiger partial charge in [0.2, 0.25) is 0 Å². The molecular formula is C7H10BrN3O2. The number of aromatic nitrogens is 2. The van der Waals surface area contributed by atoms with Gasteiger partial charge in [0, 0.05) is 13.5 Å². The molecule has 0 amide bonds. The predicted molar refractivity (Wildman–Crippen MR) is 50.2 cm³/mol. The Labute approximate surface area is 83.7 Å². The molecule has 0 aromatic carbocycles. The lowest BCUT2D eigenvalue weighted by Crippen LogP contribution is -2.33. The van der Waals surface area contributed by atoms with Crippen molar-refractivity contribution in [3.8, 4) is 0 Å². The lowest BCUT2D eigenvalue weighted by Gasteiger charge is -2.06. The lowest BCUT2D eigenvalue weighted by atomic mass is 10.2. The molecule has 1 aromatic heterocycles. The molecule has 0 aliphatic rings. The standard InChI is InChI=1S/C7H10BrN3O2/c1-11-3-10-6(8)5(11)2-4(9)7(12)13/h3-4H,2,9H2,1H3,(H,12,13). The Balaban J connectivity index is 2.79. The van der Waals surface area contributed by atoms with Crippen LogP contribution in [-0.2, 0) is 18.3 Å². The van der Waals surface area contributed by atoms with E-state index in [1.54, 1.807) is 17.9 Å². The van der Waals surface area contributed by atoms with E-state index in [1.165, 1.54) is 0 Å². The van der Waals surface area contributed by atoms with Crippen molar-refractivity contribution < 1.29 is 9.90 Å². The molecule has 5 nitrogen and oxygen atoms in total. The molecule has 3 N–H and O–H groups in total. The van der Waals surface area contributed by atoms with Crippen LogP contribution < -0.4 is 5.73 Å². The Morgan fingerprint density at radius 1 is 1.92 bits per heavy atom. The van der Waals surface area contributed by atoms with Gasteiger partial charge in [-0.2, -0.15) is 0 Å². The number of carbonyl (C=O) groups is 1. The summed E-state index contributed by atoms with van der Waals surface area (Å²) in [5.41, 5.74) is 6.17. The second kappa shape index (κ2) is 3.89. The number of rotatable bonds is 3. The smallest absolute Gasteiger partial charge is 0.320 e. The van der Waals surface area contributed by atoms with Gasteiger partial charge in [-0.15, -0.1) is 0 Å². The number of hydrogen-bond acceptors (Lipinski definition) is 3. The molecule has 13 heavy (non-hydrogen) atoms. The number of imidazole rings is 1. The maximum atomic E-state index is 10.5. The van der Waals surface area contributed by atoms with Gasteiger partial charge in [0.1, 0.15) is 10.6 Å². The molecule has 0 spiro atoms. The summed E-state index contributed by atoms with van der Waals surface area (Å²) in [6.45, 7) is 0. The molecule has 1 heterocycles. The number of carboxylic acid groups (broad SMARTS) is 1. The van der Waals surface area contributed by atoms with Gasteiger partial charge in [-0.1, -0.05) is 0 Å². The predicted octanol–water partition coefficient (Wildman–Crippen LogP) is 0.137. The summed E-state index contributed by atoms with van der Waals surface area (Å²) in [4.78, 5) is 14.4. The third-order valence-corrected chi connectivity index (χ3v) is 2.40. The van der Waals surface area contributed by atoms with Gasteiger partial charge in [-0.25, -0.2) is 4.98 Å². The zero-order valence-electron chi connectivity index (χ0n) is 7.07. The summed E-state index contributed by atoms with van der Waals surface area (Å²) in [7, 11) is 1.79. The van der Waals surface area contributed by atoms with Crippen molar-refractivity contribution in [1.82, 2.24) is 9.55 Å². The topological polar surface area (TPSA) is 81.1 Å². The van der Waals surface area contributed by atoms with Crippen molar-refractivity contribution in [3.05, 3.63) is 16.6 Å². The Hall–Kier alpha value is -0.880. The maximum Gasteiger partial charge on any atom is 0.320 e. The first-order valence-corrected chi connectivity index (χ1v) is 4.45. The minimum atomic E-state index is -1.01. The summed E-state index contributed by atoms with van der Waals surface area (Å²) in [5.74, 6) is -1.01. The Morgan fingerprint density at radius 3 is 2.92 bits per heavy atom. The number of hydrogen-bond donors (Lipinski definition) is 2. The summed E-state index contributed by atoms with van der Waals surface area (Å²) in [5, 5.41) is 8.59. The quantitative estimate of drug-likeness (QED) is 0.797.